The first kappa shape index (κ1) is 50.5. The highest BCUT2D eigenvalue weighted by Crippen LogP contribution is 2.13. The van der Waals surface area contributed by atoms with Crippen LogP contribution in [-0.4, -0.2) is 140 Å². The summed E-state index contributed by atoms with van der Waals surface area (Å²) >= 11 is 0. The van der Waals surface area contributed by atoms with Gasteiger partial charge in [0.2, 0.25) is 41.4 Å². The molecule has 0 aliphatic rings. The molecule has 14 N–H and O–H groups in total. The molecule has 0 aliphatic heterocycles. The van der Waals surface area contributed by atoms with Crippen molar-refractivity contribution in [2.24, 2.45) is 11.7 Å². The molecular formula is C39H54N8O14. The number of carbonyl (C=O) groups is 9. The van der Waals surface area contributed by atoms with Crippen LogP contribution in [0, 0.1) is 5.92 Å². The van der Waals surface area contributed by atoms with Gasteiger partial charge in [-0.25, -0.2) is 4.79 Å². The Morgan fingerprint density at radius 2 is 0.951 bits per heavy atom. The van der Waals surface area contributed by atoms with E-state index >= 15 is 0 Å². The maximum Gasteiger partial charge on any atom is 0.326 e. The number of aliphatic hydroxyl groups excluding tert-OH is 2. The third kappa shape index (κ3) is 16.9. The molecule has 7 amide bonds. The molecule has 8 atom stereocenters. The van der Waals surface area contributed by atoms with E-state index in [1.165, 1.54) is 38.1 Å². The summed E-state index contributed by atoms with van der Waals surface area (Å²) in [5.74, 6) is -10.1. The highest BCUT2D eigenvalue weighted by Gasteiger charge is 2.33. The second-order valence-electron chi connectivity index (χ2n) is 14.4. The van der Waals surface area contributed by atoms with E-state index in [0.717, 1.165) is 0 Å². The highest BCUT2D eigenvalue weighted by atomic mass is 16.4. The molecule has 2 aromatic rings. The van der Waals surface area contributed by atoms with Gasteiger partial charge in [-0.1, -0.05) is 56.3 Å². The van der Waals surface area contributed by atoms with Crippen molar-refractivity contribution in [2.75, 3.05) is 13.2 Å². The smallest absolute Gasteiger partial charge is 0.326 e. The van der Waals surface area contributed by atoms with Crippen molar-refractivity contribution in [1.29, 1.82) is 0 Å². The van der Waals surface area contributed by atoms with E-state index in [2.05, 4.69) is 37.2 Å². The number of rotatable bonds is 24. The number of aliphatic carboxylic acids is 2. The van der Waals surface area contributed by atoms with Crippen LogP contribution in [0.2, 0.25) is 0 Å². The molecule has 22 nitrogen and oxygen atoms in total. The van der Waals surface area contributed by atoms with Gasteiger partial charge in [-0.2, -0.15) is 0 Å². The summed E-state index contributed by atoms with van der Waals surface area (Å²) in [6.07, 6.45) is -1.03. The first-order valence-corrected chi connectivity index (χ1v) is 19.0. The molecule has 0 saturated heterocycles. The Kier molecular flexibility index (Phi) is 20.2. The predicted molar refractivity (Wildman–Crippen MR) is 214 cm³/mol. The average molecular weight is 859 g/mol. The minimum atomic E-state index is -1.67. The Balaban J connectivity index is 2.08. The summed E-state index contributed by atoms with van der Waals surface area (Å²) in [7, 11) is 0. The van der Waals surface area contributed by atoms with Gasteiger partial charge >= 0.3 is 11.9 Å². The fourth-order valence-electron chi connectivity index (χ4n) is 5.48. The Morgan fingerprint density at radius 3 is 1.46 bits per heavy atom. The molecule has 0 radical (unpaired) electrons. The monoisotopic (exact) mass is 858 g/mol. The molecule has 2 rings (SSSR count). The maximum absolute atomic E-state index is 13.5. The fraction of sp³-hybridized carbons (Fsp3) is 0.462. The van der Waals surface area contributed by atoms with Gasteiger partial charge in [-0.3, -0.25) is 38.4 Å². The Hall–Kier alpha value is -6.65. The van der Waals surface area contributed by atoms with E-state index in [9.17, 15) is 63.6 Å². The second-order valence-corrected chi connectivity index (χ2v) is 14.4. The molecule has 0 saturated carbocycles. The SMILES string of the molecule is CC(NC(=O)[C@@H](NC(=O)[C@H](CO)NC(=O)[C@@H](N)CC(=O)O)C(C)C)C(=O)N[C@@H](C)C(=O)N[C@@H](CO)C(=O)N[C@@H](Cc1ccc(O)cc1)C(=O)N[C@@H](Cc1ccccc1)C(=O)O. The van der Waals surface area contributed by atoms with Crippen LogP contribution in [0.15, 0.2) is 54.6 Å². The van der Waals surface area contributed by atoms with Crippen LogP contribution in [0.25, 0.3) is 0 Å². The molecular weight excluding hydrogens is 804 g/mol. The van der Waals surface area contributed by atoms with E-state index in [0.29, 0.717) is 11.1 Å². The molecule has 2 aromatic carbocycles. The van der Waals surface area contributed by atoms with Crippen LogP contribution in [0.4, 0.5) is 0 Å². The topological polar surface area (TPSA) is 365 Å². The van der Waals surface area contributed by atoms with E-state index in [4.69, 9.17) is 10.8 Å². The standard InChI is InChI=1S/C39H54N8O14/c1-19(2)31(47-37(58)29(18-49)46-34(55)25(40)16-30(51)52)38(59)42-20(3)32(53)41-21(4)33(54)45-28(17-48)36(57)43-26(14-23-10-12-24(50)13-11-23)35(56)44-27(39(60)61)15-22-8-6-5-7-9-22/h5-13,19-21,25-29,31,48-50H,14-18,40H2,1-4H3,(H,41,53)(H,42,59)(H,43,57)(H,44,56)(H,45,54)(H,46,55)(H,47,58)(H,51,52)(H,60,61)/t20?,21-,25-,26-,27-,28-,29-,31-/m0/s1. The number of aromatic hydroxyl groups is 1. The van der Waals surface area contributed by atoms with Crippen molar-refractivity contribution < 1.29 is 68.7 Å². The zero-order chi connectivity index (χ0) is 46.0. The average Bonchev–Trinajstić information content (AvgIpc) is 3.20. The summed E-state index contributed by atoms with van der Waals surface area (Å²) in [6, 6.07) is 2.43. The van der Waals surface area contributed by atoms with Gasteiger partial charge in [-0.15, -0.1) is 0 Å². The lowest BCUT2D eigenvalue weighted by Crippen LogP contribution is -2.60. The Bertz CT molecular complexity index is 1860. The number of benzene rings is 2. The number of carboxylic acids is 2. The van der Waals surface area contributed by atoms with Crippen LogP contribution in [0.5, 0.6) is 5.75 Å². The number of aliphatic hydroxyl groups is 2. The highest BCUT2D eigenvalue weighted by molar-refractivity contribution is 5.97. The maximum atomic E-state index is 13.5. The zero-order valence-corrected chi connectivity index (χ0v) is 33.9. The minimum absolute atomic E-state index is 0.0766. The van der Waals surface area contributed by atoms with Crippen molar-refractivity contribution >= 4 is 53.3 Å². The first-order valence-electron chi connectivity index (χ1n) is 19.0. The number of phenols is 1. The Morgan fingerprint density at radius 1 is 0.525 bits per heavy atom. The summed E-state index contributed by atoms with van der Waals surface area (Å²) in [6.45, 7) is 3.69. The molecule has 0 bridgehead atoms. The summed E-state index contributed by atoms with van der Waals surface area (Å²) in [4.78, 5) is 114. The lowest BCUT2D eigenvalue weighted by molar-refractivity contribution is -0.142. The normalized spacial score (nSPS) is 14.9. The molecule has 0 aromatic heterocycles. The van der Waals surface area contributed by atoms with Gasteiger partial charge in [-0.05, 0) is 43.0 Å². The lowest BCUT2D eigenvalue weighted by Gasteiger charge is -2.27. The second kappa shape index (κ2) is 24.4. The van der Waals surface area contributed by atoms with E-state index in [1.807, 2.05) is 0 Å². The number of phenolic OH excluding ortho intramolecular Hbond substituents is 1. The number of carbonyl (C=O) groups excluding carboxylic acids is 7. The van der Waals surface area contributed by atoms with Crippen LogP contribution >= 0.6 is 0 Å². The lowest BCUT2D eigenvalue weighted by atomic mass is 10.0. The third-order valence-electron chi connectivity index (χ3n) is 9.02. The van der Waals surface area contributed by atoms with Crippen molar-refractivity contribution in [1.82, 2.24) is 37.2 Å². The molecule has 0 aliphatic carbocycles. The first-order chi connectivity index (χ1) is 28.7. The van der Waals surface area contributed by atoms with Crippen LogP contribution in [-0.2, 0) is 56.0 Å². The van der Waals surface area contributed by atoms with Gasteiger partial charge < -0.3 is 68.5 Å². The molecule has 22 heteroatoms. The van der Waals surface area contributed by atoms with Crippen molar-refractivity contribution in [3.63, 3.8) is 0 Å². The van der Waals surface area contributed by atoms with Crippen LogP contribution < -0.4 is 43.0 Å². The summed E-state index contributed by atoms with van der Waals surface area (Å²) in [5, 5.41) is 64.4. The zero-order valence-electron chi connectivity index (χ0n) is 33.9. The predicted octanol–water partition coefficient (Wildman–Crippen LogP) is -3.86. The summed E-state index contributed by atoms with van der Waals surface area (Å²) in [5.41, 5.74) is 6.56. The molecule has 334 valence electrons. The quantitative estimate of drug-likeness (QED) is 0.0481. The molecule has 1 unspecified atom stereocenters. The number of amides is 7. The van der Waals surface area contributed by atoms with Crippen molar-refractivity contribution in [3.8, 4) is 5.75 Å². The largest absolute Gasteiger partial charge is 0.508 e. The fourth-order valence-corrected chi connectivity index (χ4v) is 5.48. The van der Waals surface area contributed by atoms with Gasteiger partial charge in [0.1, 0.15) is 48.0 Å². The van der Waals surface area contributed by atoms with Crippen LogP contribution in [0.1, 0.15) is 45.2 Å². The Labute approximate surface area is 350 Å². The number of nitrogens with one attached hydrogen (secondary N) is 7. The van der Waals surface area contributed by atoms with E-state index in [-0.39, 0.29) is 18.6 Å². The van der Waals surface area contributed by atoms with Gasteiger partial charge in [0.25, 0.3) is 0 Å². The van der Waals surface area contributed by atoms with Gasteiger partial charge in [0, 0.05) is 12.8 Å². The van der Waals surface area contributed by atoms with E-state index in [1.54, 1.807) is 44.2 Å². The third-order valence-corrected chi connectivity index (χ3v) is 9.02. The molecule has 0 heterocycles. The molecule has 61 heavy (non-hydrogen) atoms. The van der Waals surface area contributed by atoms with Crippen molar-refractivity contribution in [3.05, 3.63) is 65.7 Å². The van der Waals surface area contributed by atoms with Crippen LogP contribution in [0.3, 0.4) is 0 Å². The number of carboxylic acid groups (broad SMARTS) is 2. The van der Waals surface area contributed by atoms with Gasteiger partial charge in [0.05, 0.1) is 25.7 Å². The van der Waals surface area contributed by atoms with E-state index < -0.39 is 127 Å². The summed E-state index contributed by atoms with van der Waals surface area (Å²) < 4.78 is 0. The van der Waals surface area contributed by atoms with Gasteiger partial charge in [0.15, 0.2) is 0 Å². The number of hydrogen-bond donors (Lipinski definition) is 13. The molecule has 0 spiro atoms. The minimum Gasteiger partial charge on any atom is -0.508 e. The molecule has 0 fully saturated rings. The number of nitrogens with two attached hydrogens (primary N) is 1. The van der Waals surface area contributed by atoms with Crippen molar-refractivity contribution in [2.45, 2.75) is 95.3 Å². The number of hydrogen-bond acceptors (Lipinski definition) is 13.